The average molecular weight is 501 g/mol. The number of imidazole rings is 2. The van der Waals surface area contributed by atoms with E-state index in [2.05, 4.69) is 24.9 Å². The summed E-state index contributed by atoms with van der Waals surface area (Å²) in [7, 11) is -2.23. The molecule has 0 fully saturated rings. The highest BCUT2D eigenvalue weighted by molar-refractivity contribution is 7.91. The number of hydrogen-bond donors (Lipinski definition) is 0. The van der Waals surface area contributed by atoms with Gasteiger partial charge in [0.15, 0.2) is 15.7 Å². The molecule has 5 aromatic heterocycles. The third kappa shape index (κ3) is 3.81. The predicted octanol–water partition coefficient (Wildman–Crippen LogP) is 3.86. The second-order valence-corrected chi connectivity index (χ2v) is 10.2. The average Bonchev–Trinajstić information content (AvgIpc) is 3.38. The van der Waals surface area contributed by atoms with Crippen molar-refractivity contribution in [1.29, 1.82) is 0 Å². The summed E-state index contributed by atoms with van der Waals surface area (Å²) in [6, 6.07) is 4.10. The Balaban J connectivity index is 1.72. The van der Waals surface area contributed by atoms with Gasteiger partial charge in [0.05, 0.1) is 39.8 Å². The van der Waals surface area contributed by atoms with E-state index in [4.69, 9.17) is 0 Å². The molecule has 0 radical (unpaired) electrons. The van der Waals surface area contributed by atoms with E-state index in [-0.39, 0.29) is 27.7 Å². The first-order valence-electron chi connectivity index (χ1n) is 10.4. The molecule has 0 spiro atoms. The van der Waals surface area contributed by atoms with Crippen molar-refractivity contribution in [1.82, 2.24) is 33.9 Å². The van der Waals surface area contributed by atoms with E-state index in [1.165, 1.54) is 23.8 Å². The molecule has 0 N–H and O–H groups in total. The first kappa shape index (κ1) is 22.9. The maximum atomic E-state index is 13.1. The zero-order valence-electron chi connectivity index (χ0n) is 18.7. The number of hydrogen-bond acceptors (Lipinski definition) is 7. The second kappa shape index (κ2) is 7.83. The number of alkyl halides is 3. The van der Waals surface area contributed by atoms with E-state index in [0.29, 0.717) is 22.6 Å². The van der Waals surface area contributed by atoms with Gasteiger partial charge in [0.1, 0.15) is 11.4 Å². The molecule has 0 aliphatic rings. The lowest BCUT2D eigenvalue weighted by Crippen LogP contribution is -2.09. The molecule has 5 rings (SSSR count). The van der Waals surface area contributed by atoms with E-state index < -0.39 is 21.7 Å². The number of aryl methyl sites for hydroxylation is 2. The van der Waals surface area contributed by atoms with Gasteiger partial charge >= 0.3 is 6.18 Å². The van der Waals surface area contributed by atoms with Gasteiger partial charge in [-0.3, -0.25) is 9.38 Å². The molecule has 0 atom stereocenters. The molecule has 0 saturated carbocycles. The topological polar surface area (TPSA) is 108 Å². The summed E-state index contributed by atoms with van der Waals surface area (Å²) in [5.74, 6) is 0.352. The van der Waals surface area contributed by atoms with Crippen molar-refractivity contribution < 1.29 is 21.6 Å². The van der Waals surface area contributed by atoms with E-state index in [1.807, 2.05) is 6.92 Å². The Bertz CT molecular complexity index is 1720. The van der Waals surface area contributed by atoms with Crippen molar-refractivity contribution in [2.75, 3.05) is 5.75 Å². The van der Waals surface area contributed by atoms with E-state index in [9.17, 15) is 21.6 Å². The number of rotatable bonds is 4. The van der Waals surface area contributed by atoms with Crippen LogP contribution in [0.3, 0.4) is 0 Å². The summed E-state index contributed by atoms with van der Waals surface area (Å²) in [5, 5.41) is 0. The minimum absolute atomic E-state index is 0.0266. The third-order valence-corrected chi connectivity index (χ3v) is 7.39. The lowest BCUT2D eigenvalue weighted by atomic mass is 10.2. The van der Waals surface area contributed by atoms with E-state index in [1.54, 1.807) is 29.9 Å². The highest BCUT2D eigenvalue weighted by Crippen LogP contribution is 2.34. The number of pyridine rings is 2. The van der Waals surface area contributed by atoms with Crippen molar-refractivity contribution in [2.45, 2.75) is 24.9 Å². The largest absolute Gasteiger partial charge is 0.433 e. The lowest BCUT2D eigenvalue weighted by molar-refractivity contribution is -0.141. The smallest absolute Gasteiger partial charge is 0.324 e. The first-order valence-corrected chi connectivity index (χ1v) is 12.1. The fourth-order valence-electron chi connectivity index (χ4n) is 3.77. The van der Waals surface area contributed by atoms with Gasteiger partial charge in [-0.05, 0) is 25.1 Å². The normalized spacial score (nSPS) is 12.6. The van der Waals surface area contributed by atoms with Crippen LogP contribution in [0.1, 0.15) is 18.3 Å². The van der Waals surface area contributed by atoms with Crippen LogP contribution in [0.25, 0.3) is 39.6 Å². The second-order valence-electron chi connectivity index (χ2n) is 7.91. The maximum absolute atomic E-state index is 13.1. The van der Waals surface area contributed by atoms with Crippen LogP contribution in [0, 0.1) is 6.92 Å². The van der Waals surface area contributed by atoms with E-state index in [0.717, 1.165) is 18.0 Å². The zero-order chi connectivity index (χ0) is 25.1. The van der Waals surface area contributed by atoms with Crippen LogP contribution < -0.4 is 0 Å². The minimum atomic E-state index is -4.64. The molecule has 0 amide bonds. The zero-order valence-corrected chi connectivity index (χ0v) is 19.6. The Kier molecular flexibility index (Phi) is 5.13. The fourth-order valence-corrected chi connectivity index (χ4v) is 4.83. The van der Waals surface area contributed by atoms with Crippen molar-refractivity contribution in [3.8, 4) is 22.8 Å². The molecule has 0 bridgehead atoms. The van der Waals surface area contributed by atoms with Crippen LogP contribution in [0.5, 0.6) is 0 Å². The maximum Gasteiger partial charge on any atom is 0.433 e. The Morgan fingerprint density at radius 1 is 1.03 bits per heavy atom. The molecule has 13 heteroatoms. The Hall–Kier alpha value is -3.87. The number of nitrogens with zero attached hydrogens (tertiary/aromatic N) is 7. The molecule has 0 aliphatic heterocycles. The minimum Gasteiger partial charge on any atom is -0.324 e. The SMILES string of the molecule is CCS(=O)(=O)c1cc(-c2cnc3nc(C)ccn23)cnc1-c1nc2cc(C(F)(F)F)ncc2n1C. The van der Waals surface area contributed by atoms with Crippen molar-refractivity contribution in [2.24, 2.45) is 7.05 Å². The fraction of sp³-hybridized carbons (Fsp3) is 0.227. The Labute approximate surface area is 197 Å². The number of fused-ring (bicyclic) bond motifs is 2. The highest BCUT2D eigenvalue weighted by atomic mass is 32.2. The lowest BCUT2D eigenvalue weighted by Gasteiger charge is -2.11. The summed E-state index contributed by atoms with van der Waals surface area (Å²) >= 11 is 0. The molecular formula is C22H18F3N7O2S. The van der Waals surface area contributed by atoms with Gasteiger partial charge in [0.2, 0.25) is 5.78 Å². The molecule has 0 aromatic carbocycles. The number of sulfone groups is 1. The summed E-state index contributed by atoms with van der Waals surface area (Å²) in [6.45, 7) is 3.34. The predicted molar refractivity (Wildman–Crippen MR) is 121 cm³/mol. The summed E-state index contributed by atoms with van der Waals surface area (Å²) in [6.07, 6.45) is 1.25. The quantitative estimate of drug-likeness (QED) is 0.368. The molecule has 0 saturated heterocycles. The van der Waals surface area contributed by atoms with Crippen molar-refractivity contribution >= 4 is 26.6 Å². The summed E-state index contributed by atoms with van der Waals surface area (Å²) < 4.78 is 68.7. The number of halogens is 3. The molecule has 180 valence electrons. The van der Waals surface area contributed by atoms with Gasteiger partial charge in [-0.25, -0.2) is 28.4 Å². The van der Waals surface area contributed by atoms with Gasteiger partial charge in [-0.15, -0.1) is 0 Å². The van der Waals surface area contributed by atoms with Gasteiger partial charge in [-0.2, -0.15) is 13.2 Å². The third-order valence-electron chi connectivity index (χ3n) is 5.65. The molecule has 9 nitrogen and oxygen atoms in total. The summed E-state index contributed by atoms with van der Waals surface area (Å²) in [5.41, 5.74) is 1.13. The molecule has 35 heavy (non-hydrogen) atoms. The Morgan fingerprint density at radius 2 is 1.80 bits per heavy atom. The van der Waals surface area contributed by atoms with Crippen LogP contribution in [0.4, 0.5) is 13.2 Å². The van der Waals surface area contributed by atoms with Gasteiger partial charge in [-0.1, -0.05) is 6.92 Å². The monoisotopic (exact) mass is 501 g/mol. The van der Waals surface area contributed by atoms with Gasteiger partial charge in [0, 0.05) is 30.7 Å². The van der Waals surface area contributed by atoms with Crippen LogP contribution in [-0.4, -0.2) is 48.1 Å². The molecule has 5 aromatic rings. The number of aromatic nitrogens is 7. The molecular weight excluding hydrogens is 483 g/mol. The van der Waals surface area contributed by atoms with Crippen LogP contribution in [0.15, 0.2) is 47.9 Å². The van der Waals surface area contributed by atoms with Crippen LogP contribution in [-0.2, 0) is 23.1 Å². The highest BCUT2D eigenvalue weighted by Gasteiger charge is 2.33. The van der Waals surface area contributed by atoms with Crippen LogP contribution >= 0.6 is 0 Å². The Morgan fingerprint density at radius 3 is 2.51 bits per heavy atom. The molecule has 0 aliphatic carbocycles. The van der Waals surface area contributed by atoms with Crippen molar-refractivity contribution in [3.63, 3.8) is 0 Å². The van der Waals surface area contributed by atoms with Crippen molar-refractivity contribution in [3.05, 3.63) is 54.4 Å². The molecule has 0 unspecified atom stereocenters. The first-order chi connectivity index (χ1) is 16.5. The van der Waals surface area contributed by atoms with E-state index >= 15 is 0 Å². The van der Waals surface area contributed by atoms with Gasteiger partial charge < -0.3 is 4.57 Å². The summed E-state index contributed by atoms with van der Waals surface area (Å²) in [4.78, 5) is 20.7. The van der Waals surface area contributed by atoms with Gasteiger partial charge in [0.25, 0.3) is 0 Å². The molecule has 5 heterocycles. The standard InChI is InChI=1S/C22H18F3N7O2S/c1-4-35(33,34)17-7-13(15-10-28-21-29-12(2)5-6-32(15)21)9-27-19(17)20-30-14-8-18(22(23,24)25)26-11-16(14)31(20)3/h5-11H,4H2,1-3H3. The van der Waals surface area contributed by atoms with Crippen LogP contribution in [0.2, 0.25) is 0 Å².